The van der Waals surface area contributed by atoms with E-state index in [0.29, 0.717) is 13.0 Å². The van der Waals surface area contributed by atoms with E-state index in [1.54, 1.807) is 6.08 Å². The summed E-state index contributed by atoms with van der Waals surface area (Å²) in [6, 6.07) is 18.5. The Morgan fingerprint density at radius 3 is 2.23 bits per heavy atom. The van der Waals surface area contributed by atoms with Gasteiger partial charge in [-0.3, -0.25) is 4.79 Å². The van der Waals surface area contributed by atoms with E-state index in [2.05, 4.69) is 58.8 Å². The van der Waals surface area contributed by atoms with Crippen LogP contribution in [0.25, 0.3) is 26.9 Å². The van der Waals surface area contributed by atoms with Crippen LogP contribution >= 0.6 is 0 Å². The van der Waals surface area contributed by atoms with Crippen LogP contribution in [0.1, 0.15) is 64.9 Å². The predicted octanol–water partition coefficient (Wildman–Crippen LogP) is 8.24. The molecule has 3 rings (SSSR count). The second kappa shape index (κ2) is 15.1. The van der Waals surface area contributed by atoms with Crippen molar-refractivity contribution in [3.8, 4) is 17.2 Å². The van der Waals surface area contributed by atoms with Gasteiger partial charge in [0, 0.05) is 30.9 Å². The number of anilines is 1. The minimum atomic E-state index is -0.342. The molecule has 0 fully saturated rings. The van der Waals surface area contributed by atoms with E-state index < -0.39 is 0 Å². The van der Waals surface area contributed by atoms with Gasteiger partial charge in [-0.15, -0.1) is 0 Å². The summed E-state index contributed by atoms with van der Waals surface area (Å²) < 4.78 is 0. The van der Waals surface area contributed by atoms with Crippen LogP contribution in [-0.2, 0) is 4.79 Å². The molecule has 1 amide bonds. The van der Waals surface area contributed by atoms with Crippen molar-refractivity contribution in [3.05, 3.63) is 106 Å². The first-order valence-electron chi connectivity index (χ1n) is 14.1. The van der Waals surface area contributed by atoms with Crippen molar-refractivity contribution in [3.63, 3.8) is 0 Å². The molecule has 6 nitrogen and oxygen atoms in total. The average molecular weight is 532 g/mol. The van der Waals surface area contributed by atoms with E-state index in [9.17, 15) is 10.1 Å². The highest BCUT2D eigenvalue weighted by Crippen LogP contribution is 2.36. The van der Waals surface area contributed by atoms with Gasteiger partial charge >= 0.3 is 0 Å². The van der Waals surface area contributed by atoms with Crippen LogP contribution < -0.4 is 4.90 Å². The number of hydrogen-bond donors (Lipinski definition) is 0. The van der Waals surface area contributed by atoms with Gasteiger partial charge in [-0.1, -0.05) is 88.6 Å². The van der Waals surface area contributed by atoms with Gasteiger partial charge in [-0.2, -0.15) is 0 Å². The fourth-order valence-corrected chi connectivity index (χ4v) is 4.76. The molecule has 0 aliphatic carbocycles. The maximum atomic E-state index is 13.5. The number of carbonyl (C=O) groups excluding carboxylic acids is 1. The Hall–Kier alpha value is -4.60. The third-order valence-electron chi connectivity index (χ3n) is 6.99. The number of amides is 1. The zero-order valence-electron chi connectivity index (χ0n) is 23.8. The van der Waals surface area contributed by atoms with Crippen molar-refractivity contribution >= 4 is 17.7 Å². The molecule has 0 saturated heterocycles. The summed E-state index contributed by atoms with van der Waals surface area (Å²) in [5, 5.41) is 9.56. The monoisotopic (exact) mass is 531 g/mol. The fraction of sp³-hybridized carbons (Fsp3) is 0.353. The number of allylic oxidation sites excluding steroid dienone is 1. The Balaban J connectivity index is 2.12. The first-order chi connectivity index (χ1) is 19.5. The maximum Gasteiger partial charge on any atom is 0.274 e. The molecular formula is C34H37N5O. The van der Waals surface area contributed by atoms with Gasteiger partial charge in [-0.05, 0) is 48.1 Å². The lowest BCUT2D eigenvalue weighted by atomic mass is 9.97. The smallest absolute Gasteiger partial charge is 0.274 e. The molecule has 0 unspecified atom stereocenters. The van der Waals surface area contributed by atoms with Gasteiger partial charge in [0.05, 0.1) is 24.9 Å². The lowest BCUT2D eigenvalue weighted by Gasteiger charge is -2.26. The molecule has 204 valence electrons. The summed E-state index contributed by atoms with van der Waals surface area (Å²) in [7, 11) is 0. The van der Waals surface area contributed by atoms with Gasteiger partial charge in [0.1, 0.15) is 0 Å². The van der Waals surface area contributed by atoms with E-state index in [1.165, 1.54) is 10.6 Å². The Morgan fingerprint density at radius 2 is 1.65 bits per heavy atom. The summed E-state index contributed by atoms with van der Waals surface area (Å²) >= 11 is 0. The third kappa shape index (κ3) is 6.88. The summed E-state index contributed by atoms with van der Waals surface area (Å²) in [6.07, 6.45) is 9.62. The quantitative estimate of drug-likeness (QED) is 0.193. The zero-order chi connectivity index (χ0) is 28.9. The van der Waals surface area contributed by atoms with Gasteiger partial charge in [-0.25, -0.2) is 15.0 Å². The highest BCUT2D eigenvalue weighted by Gasteiger charge is 2.36. The Bertz CT molecular complexity index is 1390. The molecule has 0 saturated carbocycles. The molecule has 0 spiro atoms. The molecule has 0 radical (unpaired) electrons. The zero-order valence-corrected chi connectivity index (χ0v) is 23.8. The Morgan fingerprint density at radius 1 is 0.975 bits per heavy atom. The minimum absolute atomic E-state index is 0.0630. The van der Waals surface area contributed by atoms with Crippen molar-refractivity contribution in [2.24, 2.45) is 0 Å². The van der Waals surface area contributed by atoms with E-state index in [0.717, 1.165) is 61.9 Å². The average Bonchev–Trinajstić information content (AvgIpc) is 3.26. The second-order valence-electron chi connectivity index (χ2n) is 9.77. The summed E-state index contributed by atoms with van der Waals surface area (Å²) in [5.41, 5.74) is 4.38. The van der Waals surface area contributed by atoms with Gasteiger partial charge in [0.25, 0.3) is 5.70 Å². The van der Waals surface area contributed by atoms with Crippen molar-refractivity contribution in [2.45, 2.75) is 59.3 Å². The molecule has 40 heavy (non-hydrogen) atoms. The Kier molecular flexibility index (Phi) is 11.3. The number of benzene rings is 2. The van der Waals surface area contributed by atoms with Crippen molar-refractivity contribution < 1.29 is 4.79 Å². The lowest BCUT2D eigenvalue weighted by Crippen LogP contribution is -2.27. The van der Waals surface area contributed by atoms with Crippen LogP contribution in [0.15, 0.2) is 77.3 Å². The van der Waals surface area contributed by atoms with Crippen LogP contribution in [0.3, 0.4) is 0 Å². The van der Waals surface area contributed by atoms with Crippen LogP contribution in [0.2, 0.25) is 0 Å². The molecule has 1 heterocycles. The Labute approximate surface area is 239 Å². The number of hydrogen-bond acceptors (Lipinski definition) is 3. The first kappa shape index (κ1) is 29.9. The van der Waals surface area contributed by atoms with Crippen molar-refractivity contribution in [2.75, 3.05) is 24.5 Å². The lowest BCUT2D eigenvalue weighted by molar-refractivity contribution is -0.124. The summed E-state index contributed by atoms with van der Waals surface area (Å²) in [6.45, 7) is 24.0. The molecule has 0 atom stereocenters. The van der Waals surface area contributed by atoms with Gasteiger partial charge in [0.2, 0.25) is 11.6 Å². The molecule has 0 N–H and O–H groups in total. The van der Waals surface area contributed by atoms with Crippen molar-refractivity contribution in [1.29, 1.82) is 5.26 Å². The second-order valence-corrected chi connectivity index (χ2v) is 9.77. The van der Waals surface area contributed by atoms with E-state index in [4.69, 9.17) is 13.1 Å². The summed E-state index contributed by atoms with van der Waals surface area (Å²) in [4.78, 5) is 24.3. The molecule has 1 aliphatic heterocycles. The van der Waals surface area contributed by atoms with Crippen molar-refractivity contribution in [1.82, 2.24) is 4.90 Å². The summed E-state index contributed by atoms with van der Waals surface area (Å²) in [5.74, 6) is -0.342. The van der Waals surface area contributed by atoms with Crippen LogP contribution in [-0.4, -0.2) is 30.4 Å². The molecule has 2 aromatic rings. The first-order valence-corrected chi connectivity index (χ1v) is 14.1. The maximum absolute atomic E-state index is 13.5. The van der Waals surface area contributed by atoms with Crippen LogP contribution in [0.5, 0.6) is 0 Å². The molecule has 0 bridgehead atoms. The highest BCUT2D eigenvalue weighted by molar-refractivity contribution is 6.04. The van der Waals surface area contributed by atoms with Gasteiger partial charge in [0.15, 0.2) is 0 Å². The fourth-order valence-electron chi connectivity index (χ4n) is 4.76. The van der Waals surface area contributed by atoms with Crippen LogP contribution in [0, 0.1) is 24.5 Å². The number of nitrogens with zero attached hydrogens (tertiary/aromatic N) is 5. The molecule has 0 aromatic heterocycles. The standard InChI is InChI=1S/C34H37N5O/c1-6-9-21-38(22-10-7-2)28-19-17-27(30(24-28)26-15-13-12-14-16-26)18-20-29-32(37-5)33(31(25-35)36-4)39(34(29)40)23-11-8-3/h12-20,24H,6-11,21-23H2,1-3H3/b20-18+,33-31+. The van der Waals surface area contributed by atoms with Gasteiger partial charge < -0.3 is 9.80 Å². The number of rotatable bonds is 13. The minimum Gasteiger partial charge on any atom is -0.372 e. The topological polar surface area (TPSA) is 56.1 Å². The number of carbonyl (C=O) groups is 1. The molecule has 2 aromatic carbocycles. The molecule has 1 aliphatic rings. The molecule has 6 heteroatoms. The highest BCUT2D eigenvalue weighted by atomic mass is 16.2. The van der Waals surface area contributed by atoms with E-state index in [-0.39, 0.29) is 28.6 Å². The number of unbranched alkanes of at least 4 members (excludes halogenated alkanes) is 3. The third-order valence-corrected chi connectivity index (χ3v) is 6.99. The SMILES string of the molecule is [C-]#[N+]C1=C(/C=C/c2ccc(N(CCCC)CCCC)cc2-c2ccccc2)C(=O)N(CCCC)/C1=C(\C#N)[N+]#[C-]. The molecular weight excluding hydrogens is 494 g/mol. The largest absolute Gasteiger partial charge is 0.372 e. The predicted molar refractivity (Wildman–Crippen MR) is 162 cm³/mol. The van der Waals surface area contributed by atoms with E-state index >= 15 is 0 Å². The van der Waals surface area contributed by atoms with Crippen LogP contribution in [0.4, 0.5) is 5.69 Å². The van der Waals surface area contributed by atoms with E-state index in [1.807, 2.05) is 37.3 Å². The normalized spacial score (nSPS) is 14.3. The number of nitriles is 1.